The molecule has 0 saturated carbocycles. The second kappa shape index (κ2) is 3.41. The molecule has 0 amide bonds. The van der Waals surface area contributed by atoms with Crippen LogP contribution in [0.1, 0.15) is 12.8 Å². The third-order valence-corrected chi connectivity index (χ3v) is 2.42. The molecule has 0 radical (unpaired) electrons. The first-order valence-corrected chi connectivity index (χ1v) is 4.51. The molecule has 1 N–H and O–H groups in total. The number of rotatable bonds is 2. The monoisotopic (exact) mass is 186 g/mol. The fourth-order valence-corrected chi connectivity index (χ4v) is 1.64. The molecule has 2 rings (SSSR count). The van der Waals surface area contributed by atoms with Crippen molar-refractivity contribution < 1.29 is 0 Å². The van der Waals surface area contributed by atoms with Gasteiger partial charge in [0.1, 0.15) is 5.15 Å². The van der Waals surface area contributed by atoms with Crippen LogP contribution in [0.3, 0.4) is 0 Å². The molecule has 1 fully saturated rings. The van der Waals surface area contributed by atoms with Gasteiger partial charge in [-0.2, -0.15) is 0 Å². The largest absolute Gasteiger partial charge is 0.312 e. The molecule has 0 aromatic carbocycles. The summed E-state index contributed by atoms with van der Waals surface area (Å²) in [5.74, 6) is 0. The highest BCUT2D eigenvalue weighted by Gasteiger charge is 2.15. The van der Waals surface area contributed by atoms with E-state index >= 15 is 0 Å². The fourth-order valence-electron chi connectivity index (χ4n) is 1.49. The van der Waals surface area contributed by atoms with Crippen molar-refractivity contribution >= 4 is 11.6 Å². The van der Waals surface area contributed by atoms with Crippen LogP contribution in [0.2, 0.25) is 5.15 Å². The van der Waals surface area contributed by atoms with Crippen LogP contribution in [0.25, 0.3) is 0 Å². The number of hydrogen-bond donors (Lipinski definition) is 1. The predicted octanol–water partition coefficient (Wildman–Crippen LogP) is 0.683. The van der Waals surface area contributed by atoms with E-state index in [0.717, 1.165) is 13.1 Å². The first kappa shape index (κ1) is 8.01. The highest BCUT2D eigenvalue weighted by Crippen LogP contribution is 2.10. The number of nitrogens with one attached hydrogen (secondary N) is 1. The Labute approximate surface area is 75.9 Å². The zero-order valence-electron chi connectivity index (χ0n) is 6.70. The van der Waals surface area contributed by atoms with E-state index in [2.05, 4.69) is 15.6 Å². The van der Waals surface area contributed by atoms with E-state index in [0.29, 0.717) is 11.2 Å². The molecule has 1 unspecified atom stereocenters. The molecule has 2 heterocycles. The Bertz CT molecular complexity index is 254. The molecule has 1 aromatic rings. The van der Waals surface area contributed by atoms with E-state index in [-0.39, 0.29) is 0 Å². The van der Waals surface area contributed by atoms with Gasteiger partial charge < -0.3 is 5.32 Å². The molecule has 1 aliphatic rings. The number of halogens is 1. The lowest BCUT2D eigenvalue weighted by Crippen LogP contribution is -2.27. The molecule has 5 heteroatoms. The first-order valence-electron chi connectivity index (χ1n) is 4.13. The van der Waals surface area contributed by atoms with E-state index in [1.54, 1.807) is 10.9 Å². The molecular weight excluding hydrogens is 176 g/mol. The molecule has 1 saturated heterocycles. The van der Waals surface area contributed by atoms with E-state index < -0.39 is 0 Å². The Morgan fingerprint density at radius 2 is 2.67 bits per heavy atom. The van der Waals surface area contributed by atoms with Crippen LogP contribution >= 0.6 is 11.6 Å². The van der Waals surface area contributed by atoms with Crippen LogP contribution in [0.4, 0.5) is 0 Å². The average Bonchev–Trinajstić information content (AvgIpc) is 2.65. The molecule has 1 aromatic heterocycles. The Balaban J connectivity index is 1.98. The number of aromatic nitrogens is 3. The lowest BCUT2D eigenvalue weighted by atomic mass is 10.2. The van der Waals surface area contributed by atoms with E-state index in [1.807, 2.05) is 0 Å². The summed E-state index contributed by atoms with van der Waals surface area (Å²) in [5, 5.41) is 11.6. The normalized spacial score (nSPS) is 23.2. The molecule has 1 aliphatic heterocycles. The SMILES string of the molecule is Clc1cnnn1CC1CCCN1. The van der Waals surface area contributed by atoms with Crippen LogP contribution in [0, 0.1) is 0 Å². The predicted molar refractivity (Wildman–Crippen MR) is 46.1 cm³/mol. The van der Waals surface area contributed by atoms with Crippen molar-refractivity contribution in [3.05, 3.63) is 11.3 Å². The molecule has 1 atom stereocenters. The van der Waals surface area contributed by atoms with Gasteiger partial charge in [0, 0.05) is 6.04 Å². The van der Waals surface area contributed by atoms with Gasteiger partial charge in [0.05, 0.1) is 12.7 Å². The van der Waals surface area contributed by atoms with Gasteiger partial charge in [-0.25, -0.2) is 4.68 Å². The van der Waals surface area contributed by atoms with Gasteiger partial charge in [0.25, 0.3) is 0 Å². The van der Waals surface area contributed by atoms with Crippen molar-refractivity contribution in [1.82, 2.24) is 20.3 Å². The minimum absolute atomic E-state index is 0.518. The molecular formula is C7H11ClN4. The van der Waals surface area contributed by atoms with Crippen molar-refractivity contribution in [1.29, 1.82) is 0 Å². The lowest BCUT2D eigenvalue weighted by Gasteiger charge is -2.09. The van der Waals surface area contributed by atoms with Gasteiger partial charge in [-0.3, -0.25) is 0 Å². The zero-order chi connectivity index (χ0) is 8.39. The minimum atomic E-state index is 0.518. The molecule has 0 aliphatic carbocycles. The summed E-state index contributed by atoms with van der Waals surface area (Å²) in [6.07, 6.45) is 4.02. The van der Waals surface area contributed by atoms with Crippen LogP contribution < -0.4 is 5.32 Å². The Hall–Kier alpha value is -0.610. The van der Waals surface area contributed by atoms with Crippen LogP contribution in [-0.2, 0) is 6.54 Å². The summed E-state index contributed by atoms with van der Waals surface area (Å²) in [5.41, 5.74) is 0. The van der Waals surface area contributed by atoms with Crippen molar-refractivity contribution in [3.8, 4) is 0 Å². The maximum absolute atomic E-state index is 5.83. The number of nitrogens with zero attached hydrogens (tertiary/aromatic N) is 3. The van der Waals surface area contributed by atoms with E-state index in [4.69, 9.17) is 11.6 Å². The zero-order valence-corrected chi connectivity index (χ0v) is 7.46. The van der Waals surface area contributed by atoms with Gasteiger partial charge in [-0.1, -0.05) is 16.8 Å². The molecule has 66 valence electrons. The van der Waals surface area contributed by atoms with Crippen LogP contribution in [0.15, 0.2) is 6.20 Å². The molecule has 0 spiro atoms. The smallest absolute Gasteiger partial charge is 0.147 e. The lowest BCUT2D eigenvalue weighted by molar-refractivity contribution is 0.467. The van der Waals surface area contributed by atoms with Crippen molar-refractivity contribution in [2.45, 2.75) is 25.4 Å². The first-order chi connectivity index (χ1) is 5.86. The second-order valence-corrected chi connectivity index (χ2v) is 3.42. The van der Waals surface area contributed by atoms with Crippen LogP contribution in [0.5, 0.6) is 0 Å². The van der Waals surface area contributed by atoms with Gasteiger partial charge in [-0.15, -0.1) is 5.10 Å². The molecule has 4 nitrogen and oxygen atoms in total. The van der Waals surface area contributed by atoms with Crippen molar-refractivity contribution in [2.24, 2.45) is 0 Å². The fraction of sp³-hybridized carbons (Fsp3) is 0.714. The standard InChI is InChI=1S/C7H11ClN4/c8-7-4-10-11-12(7)5-6-2-1-3-9-6/h4,6,9H,1-3,5H2. The summed E-state index contributed by atoms with van der Waals surface area (Å²) in [7, 11) is 0. The Morgan fingerprint density at radius 3 is 3.25 bits per heavy atom. The molecule has 12 heavy (non-hydrogen) atoms. The summed E-state index contributed by atoms with van der Waals surface area (Å²) >= 11 is 5.83. The van der Waals surface area contributed by atoms with Gasteiger partial charge in [0.2, 0.25) is 0 Å². The summed E-state index contributed by atoms with van der Waals surface area (Å²) in [6, 6.07) is 0.518. The van der Waals surface area contributed by atoms with Gasteiger partial charge >= 0.3 is 0 Å². The highest BCUT2D eigenvalue weighted by molar-refractivity contribution is 6.29. The maximum atomic E-state index is 5.83. The third kappa shape index (κ3) is 1.59. The van der Waals surface area contributed by atoms with Crippen LogP contribution in [-0.4, -0.2) is 27.6 Å². The topological polar surface area (TPSA) is 42.7 Å². The maximum Gasteiger partial charge on any atom is 0.147 e. The van der Waals surface area contributed by atoms with E-state index in [1.165, 1.54) is 12.8 Å². The second-order valence-electron chi connectivity index (χ2n) is 3.03. The summed E-state index contributed by atoms with van der Waals surface area (Å²) < 4.78 is 1.73. The highest BCUT2D eigenvalue weighted by atomic mass is 35.5. The number of hydrogen-bond acceptors (Lipinski definition) is 3. The van der Waals surface area contributed by atoms with Gasteiger partial charge in [0.15, 0.2) is 0 Å². The van der Waals surface area contributed by atoms with Crippen molar-refractivity contribution in [3.63, 3.8) is 0 Å². The summed E-state index contributed by atoms with van der Waals surface area (Å²) in [4.78, 5) is 0. The Kier molecular flexibility index (Phi) is 2.28. The quantitative estimate of drug-likeness (QED) is 0.739. The Morgan fingerprint density at radius 1 is 1.75 bits per heavy atom. The minimum Gasteiger partial charge on any atom is -0.312 e. The molecule has 0 bridgehead atoms. The van der Waals surface area contributed by atoms with Crippen molar-refractivity contribution in [2.75, 3.05) is 6.54 Å². The van der Waals surface area contributed by atoms with Gasteiger partial charge in [-0.05, 0) is 19.4 Å². The average molecular weight is 187 g/mol. The third-order valence-electron chi connectivity index (χ3n) is 2.13. The summed E-state index contributed by atoms with van der Waals surface area (Å²) in [6.45, 7) is 1.94. The van der Waals surface area contributed by atoms with E-state index in [9.17, 15) is 0 Å².